The molecule has 0 bridgehead atoms. The van der Waals surface area contributed by atoms with Crippen molar-refractivity contribution in [1.82, 2.24) is 0 Å². The molecule has 0 atom stereocenters. The molecule has 0 aromatic carbocycles. The van der Waals surface area contributed by atoms with E-state index >= 15 is 0 Å². The van der Waals surface area contributed by atoms with Crippen molar-refractivity contribution in [3.63, 3.8) is 0 Å². The van der Waals surface area contributed by atoms with Crippen molar-refractivity contribution in [1.29, 1.82) is 0 Å². The maximum absolute atomic E-state index is 3.21. The maximum Gasteiger partial charge on any atom is -0.0153 e. The highest BCUT2D eigenvalue weighted by Gasteiger charge is 2.18. The first-order valence-electron chi connectivity index (χ1n) is 10.2. The van der Waals surface area contributed by atoms with E-state index in [1.165, 1.54) is 70.6 Å². The summed E-state index contributed by atoms with van der Waals surface area (Å²) in [5, 5.41) is 0. The molecule has 0 nitrogen and oxygen atoms in total. The van der Waals surface area contributed by atoms with Gasteiger partial charge < -0.3 is 0 Å². The van der Waals surface area contributed by atoms with Gasteiger partial charge in [-0.15, -0.1) is 0 Å². The lowest BCUT2D eigenvalue weighted by molar-refractivity contribution is 0.294. The zero-order valence-corrected chi connectivity index (χ0v) is 15.4. The first-order chi connectivity index (χ1) is 11.3. The zero-order chi connectivity index (χ0) is 16.3. The molecule has 0 saturated heterocycles. The van der Waals surface area contributed by atoms with Gasteiger partial charge in [0.05, 0.1) is 0 Å². The molecule has 2 saturated carbocycles. The van der Waals surface area contributed by atoms with Crippen LogP contribution in [0, 0.1) is 35.5 Å². The van der Waals surface area contributed by atoms with E-state index < -0.39 is 0 Å². The van der Waals surface area contributed by atoms with Gasteiger partial charge in [-0.2, -0.15) is 0 Å². The molecule has 2 fully saturated rings. The van der Waals surface area contributed by atoms with Gasteiger partial charge >= 0.3 is 0 Å². The summed E-state index contributed by atoms with van der Waals surface area (Å²) in [7, 11) is 0. The van der Waals surface area contributed by atoms with Crippen molar-refractivity contribution in [2.24, 2.45) is 23.7 Å². The maximum atomic E-state index is 3.21. The van der Waals surface area contributed by atoms with E-state index in [0.717, 1.165) is 23.7 Å². The predicted octanol–water partition coefficient (Wildman–Crippen LogP) is 6.93. The number of allylic oxidation sites excluding steroid dienone is 4. The Morgan fingerprint density at radius 2 is 1.17 bits per heavy atom. The average molecular weight is 313 g/mol. The second-order valence-electron chi connectivity index (χ2n) is 7.77. The van der Waals surface area contributed by atoms with Crippen LogP contribution in [0.5, 0.6) is 0 Å². The van der Waals surface area contributed by atoms with E-state index in [2.05, 4.69) is 50.0 Å². The minimum absolute atomic E-state index is 0.782. The van der Waals surface area contributed by atoms with Crippen molar-refractivity contribution in [3.05, 3.63) is 24.3 Å². The Kier molecular flexibility index (Phi) is 8.59. The molecule has 0 amide bonds. The first kappa shape index (κ1) is 18.4. The van der Waals surface area contributed by atoms with Crippen LogP contribution in [0.25, 0.3) is 0 Å². The third-order valence-corrected chi connectivity index (χ3v) is 6.04. The average Bonchev–Trinajstić information content (AvgIpc) is 2.60. The molecule has 2 aliphatic carbocycles. The molecule has 0 aromatic heterocycles. The molecule has 0 aromatic rings. The van der Waals surface area contributed by atoms with Crippen LogP contribution in [0.15, 0.2) is 24.3 Å². The van der Waals surface area contributed by atoms with Crippen molar-refractivity contribution >= 4 is 0 Å². The molecule has 0 unspecified atom stereocenters. The number of rotatable bonds is 5. The lowest BCUT2D eigenvalue weighted by Gasteiger charge is -2.26. The van der Waals surface area contributed by atoms with Crippen molar-refractivity contribution in [3.8, 4) is 11.8 Å². The largest absolute Gasteiger partial charge is 0.0730 e. The smallest absolute Gasteiger partial charge is 0.0153 e. The van der Waals surface area contributed by atoms with Crippen molar-refractivity contribution in [2.45, 2.75) is 84.5 Å². The van der Waals surface area contributed by atoms with E-state index in [-0.39, 0.29) is 0 Å². The van der Waals surface area contributed by atoms with Crippen LogP contribution in [0.3, 0.4) is 0 Å². The van der Waals surface area contributed by atoms with Crippen molar-refractivity contribution < 1.29 is 0 Å². The van der Waals surface area contributed by atoms with Crippen LogP contribution in [-0.4, -0.2) is 0 Å². The van der Waals surface area contributed by atoms with Crippen LogP contribution in [-0.2, 0) is 0 Å². The quantitative estimate of drug-likeness (QED) is 0.483. The highest BCUT2D eigenvalue weighted by Crippen LogP contribution is 2.32. The molecular weight excluding hydrogens is 276 g/mol. The SMILES string of the molecule is CCC[C@H]1CC[C@H](/C=C/C#C/C=C/[C@H]2CC[C@H](CC)CC2)CC1. The fourth-order valence-electron chi connectivity index (χ4n) is 4.33. The lowest BCUT2D eigenvalue weighted by Crippen LogP contribution is -2.12. The van der Waals surface area contributed by atoms with Gasteiger partial charge in [0, 0.05) is 0 Å². The van der Waals surface area contributed by atoms with Gasteiger partial charge in [0.2, 0.25) is 0 Å². The Morgan fingerprint density at radius 1 is 0.696 bits per heavy atom. The second-order valence-corrected chi connectivity index (χ2v) is 7.77. The summed E-state index contributed by atoms with van der Waals surface area (Å²) in [6, 6.07) is 0. The van der Waals surface area contributed by atoms with Crippen LogP contribution < -0.4 is 0 Å². The van der Waals surface area contributed by atoms with Crippen LogP contribution in [0.1, 0.15) is 84.5 Å². The van der Waals surface area contributed by atoms with Crippen LogP contribution in [0.2, 0.25) is 0 Å². The van der Waals surface area contributed by atoms with Gasteiger partial charge in [0.15, 0.2) is 0 Å². The molecule has 0 spiro atoms. The van der Waals surface area contributed by atoms with Gasteiger partial charge in [-0.1, -0.05) is 57.1 Å². The normalized spacial score (nSPS) is 32.1. The summed E-state index contributed by atoms with van der Waals surface area (Å²) in [6.07, 6.45) is 24.2. The summed E-state index contributed by atoms with van der Waals surface area (Å²) < 4.78 is 0. The molecular formula is C23H36. The Hall–Kier alpha value is -0.960. The van der Waals surface area contributed by atoms with E-state index in [1.807, 2.05) is 0 Å². The summed E-state index contributed by atoms with van der Waals surface area (Å²) in [5.41, 5.74) is 0. The Labute approximate surface area is 144 Å². The fourth-order valence-corrected chi connectivity index (χ4v) is 4.33. The highest BCUT2D eigenvalue weighted by atomic mass is 14.2. The van der Waals surface area contributed by atoms with Crippen LogP contribution >= 0.6 is 0 Å². The third-order valence-electron chi connectivity index (χ3n) is 6.04. The summed E-state index contributed by atoms with van der Waals surface area (Å²) in [5.74, 6) is 9.97. The molecule has 23 heavy (non-hydrogen) atoms. The van der Waals surface area contributed by atoms with Gasteiger partial charge in [0.1, 0.15) is 0 Å². The van der Waals surface area contributed by atoms with E-state index in [0.29, 0.717) is 0 Å². The second kappa shape index (κ2) is 10.7. The molecule has 0 N–H and O–H groups in total. The predicted molar refractivity (Wildman–Crippen MR) is 102 cm³/mol. The van der Waals surface area contributed by atoms with Gasteiger partial charge in [-0.05, 0) is 87.2 Å². The Bertz CT molecular complexity index is 415. The standard InChI is InChI=1S/C23H36/c1-3-9-21-16-18-23(19-17-21)11-8-6-5-7-10-22-14-12-20(4-2)13-15-22/h7-8,10-11,20-23H,3-4,9,12-19H2,1-2H3/b10-7+,11-8+/t20-,21-,22-,23-. The third kappa shape index (κ3) is 6.99. The Morgan fingerprint density at radius 3 is 1.61 bits per heavy atom. The highest BCUT2D eigenvalue weighted by molar-refractivity contribution is 5.24. The Balaban J connectivity index is 1.63. The molecule has 2 rings (SSSR count). The molecule has 0 heteroatoms. The zero-order valence-electron chi connectivity index (χ0n) is 15.4. The van der Waals surface area contributed by atoms with Crippen molar-refractivity contribution in [2.75, 3.05) is 0 Å². The minimum Gasteiger partial charge on any atom is -0.0730 e. The van der Waals surface area contributed by atoms with E-state index in [1.54, 1.807) is 0 Å². The lowest BCUT2D eigenvalue weighted by atomic mass is 9.80. The van der Waals surface area contributed by atoms with Gasteiger partial charge in [-0.3, -0.25) is 0 Å². The number of hydrogen-bond acceptors (Lipinski definition) is 0. The van der Waals surface area contributed by atoms with Gasteiger partial charge in [-0.25, -0.2) is 0 Å². The molecule has 0 aliphatic heterocycles. The molecule has 0 radical (unpaired) electrons. The molecule has 128 valence electrons. The summed E-state index contributed by atoms with van der Waals surface area (Å²) in [4.78, 5) is 0. The van der Waals surface area contributed by atoms with E-state index in [9.17, 15) is 0 Å². The van der Waals surface area contributed by atoms with Crippen LogP contribution in [0.4, 0.5) is 0 Å². The minimum atomic E-state index is 0.782. The topological polar surface area (TPSA) is 0 Å². The van der Waals surface area contributed by atoms with Gasteiger partial charge in [0.25, 0.3) is 0 Å². The summed E-state index contributed by atoms with van der Waals surface area (Å²) in [6.45, 7) is 4.64. The van der Waals surface area contributed by atoms with E-state index in [4.69, 9.17) is 0 Å². The summed E-state index contributed by atoms with van der Waals surface area (Å²) >= 11 is 0. The fraction of sp³-hybridized carbons (Fsp3) is 0.739. The first-order valence-corrected chi connectivity index (χ1v) is 10.2. The molecule has 0 heterocycles. The molecule has 2 aliphatic rings. The monoisotopic (exact) mass is 312 g/mol. The number of hydrogen-bond donors (Lipinski definition) is 0.